The molecule has 0 saturated carbocycles. The molecular formula is C14H20N2O2. The van der Waals surface area contributed by atoms with Crippen LogP contribution in [0.2, 0.25) is 0 Å². The van der Waals surface area contributed by atoms with Crippen LogP contribution >= 0.6 is 0 Å². The third-order valence-electron chi connectivity index (χ3n) is 3.25. The smallest absolute Gasteiger partial charge is 0.213 e. The molecule has 0 bridgehead atoms. The van der Waals surface area contributed by atoms with E-state index in [9.17, 15) is 5.11 Å². The Labute approximate surface area is 108 Å². The van der Waals surface area contributed by atoms with E-state index in [1.165, 1.54) is 0 Å². The Morgan fingerprint density at radius 1 is 1.33 bits per heavy atom. The fourth-order valence-corrected chi connectivity index (χ4v) is 2.18. The van der Waals surface area contributed by atoms with Crippen LogP contribution in [0.4, 0.5) is 5.69 Å². The lowest BCUT2D eigenvalue weighted by Crippen LogP contribution is -2.35. The van der Waals surface area contributed by atoms with Crippen LogP contribution in [0.5, 0.6) is 0 Å². The van der Waals surface area contributed by atoms with Crippen molar-refractivity contribution >= 4 is 11.6 Å². The molecule has 98 valence electrons. The Hall–Kier alpha value is -1.55. The predicted molar refractivity (Wildman–Crippen MR) is 72.4 cm³/mol. The summed E-state index contributed by atoms with van der Waals surface area (Å²) in [5, 5.41) is 17.2. The van der Waals surface area contributed by atoms with Gasteiger partial charge in [0.05, 0.1) is 12.7 Å². The number of benzene rings is 1. The van der Waals surface area contributed by atoms with Gasteiger partial charge in [0.15, 0.2) is 0 Å². The van der Waals surface area contributed by atoms with Crippen LogP contribution in [0.3, 0.4) is 0 Å². The number of aliphatic hydroxyl groups excluding tert-OH is 1. The van der Waals surface area contributed by atoms with Crippen LogP contribution in [0.25, 0.3) is 0 Å². The number of aliphatic hydroxyl groups is 1. The van der Waals surface area contributed by atoms with E-state index in [1.807, 2.05) is 31.2 Å². The summed E-state index contributed by atoms with van der Waals surface area (Å²) in [6, 6.07) is 7.86. The van der Waals surface area contributed by atoms with Gasteiger partial charge in [-0.05, 0) is 44.0 Å². The molecule has 1 aromatic carbocycles. The maximum atomic E-state index is 9.48. The molecule has 1 fully saturated rings. The van der Waals surface area contributed by atoms with E-state index in [1.54, 1.807) is 0 Å². The number of nitrogens with one attached hydrogen (secondary N) is 1. The molecule has 4 nitrogen and oxygen atoms in total. The second kappa shape index (κ2) is 5.87. The number of rotatable bonds is 3. The number of hydrogen-bond donors (Lipinski definition) is 2. The lowest BCUT2D eigenvalue weighted by molar-refractivity contribution is 0.145. The topological polar surface area (TPSA) is 56.5 Å². The fraction of sp³-hybridized carbons (Fsp3) is 0.500. The van der Waals surface area contributed by atoms with E-state index >= 15 is 0 Å². The molecule has 1 aromatic rings. The molecule has 4 heteroatoms. The summed E-state index contributed by atoms with van der Waals surface area (Å²) in [6.45, 7) is 4.18. The summed E-state index contributed by atoms with van der Waals surface area (Å²) in [7, 11) is 0. The van der Waals surface area contributed by atoms with Gasteiger partial charge < -0.3 is 14.7 Å². The SMILES string of the molecule is CCOC(=N)c1ccc(N2CCC(O)CC2)cc1. The van der Waals surface area contributed by atoms with Gasteiger partial charge in [0.2, 0.25) is 5.90 Å². The molecule has 0 spiro atoms. The minimum atomic E-state index is -0.147. The first kappa shape index (κ1) is 12.9. The fourth-order valence-electron chi connectivity index (χ4n) is 2.18. The van der Waals surface area contributed by atoms with Crippen molar-refractivity contribution in [1.82, 2.24) is 0 Å². The van der Waals surface area contributed by atoms with Gasteiger partial charge in [-0.3, -0.25) is 5.41 Å². The van der Waals surface area contributed by atoms with Gasteiger partial charge in [0, 0.05) is 24.3 Å². The zero-order chi connectivity index (χ0) is 13.0. The number of anilines is 1. The van der Waals surface area contributed by atoms with E-state index < -0.39 is 0 Å². The average Bonchev–Trinajstić information content (AvgIpc) is 2.40. The molecule has 0 radical (unpaired) electrons. The highest BCUT2D eigenvalue weighted by Crippen LogP contribution is 2.20. The molecule has 2 rings (SSSR count). The molecule has 0 aliphatic carbocycles. The van der Waals surface area contributed by atoms with Crippen molar-refractivity contribution in [3.63, 3.8) is 0 Å². The highest BCUT2D eigenvalue weighted by Gasteiger charge is 2.17. The summed E-state index contributed by atoms with van der Waals surface area (Å²) in [5.74, 6) is 0.220. The molecule has 1 aliphatic rings. The lowest BCUT2D eigenvalue weighted by Gasteiger charge is -2.31. The predicted octanol–water partition coefficient (Wildman–Crippen LogP) is 2.01. The molecule has 18 heavy (non-hydrogen) atoms. The van der Waals surface area contributed by atoms with E-state index in [2.05, 4.69) is 4.90 Å². The van der Waals surface area contributed by atoms with Crippen molar-refractivity contribution in [1.29, 1.82) is 5.41 Å². The van der Waals surface area contributed by atoms with Crippen LogP contribution in [0.15, 0.2) is 24.3 Å². The Morgan fingerprint density at radius 3 is 2.50 bits per heavy atom. The quantitative estimate of drug-likeness (QED) is 0.635. The molecule has 0 atom stereocenters. The van der Waals surface area contributed by atoms with Crippen LogP contribution in [-0.4, -0.2) is 36.8 Å². The molecule has 1 saturated heterocycles. The van der Waals surface area contributed by atoms with Crippen LogP contribution in [0.1, 0.15) is 25.3 Å². The van der Waals surface area contributed by atoms with Crippen LogP contribution in [0, 0.1) is 5.41 Å². The van der Waals surface area contributed by atoms with E-state index in [4.69, 9.17) is 10.1 Å². The van der Waals surface area contributed by atoms with E-state index in [0.29, 0.717) is 6.61 Å². The first-order valence-electron chi connectivity index (χ1n) is 6.45. The number of nitrogens with zero attached hydrogens (tertiary/aromatic N) is 1. The Kier molecular flexibility index (Phi) is 4.20. The lowest BCUT2D eigenvalue weighted by atomic mass is 10.1. The highest BCUT2D eigenvalue weighted by atomic mass is 16.5. The van der Waals surface area contributed by atoms with E-state index in [-0.39, 0.29) is 12.0 Å². The van der Waals surface area contributed by atoms with Crippen molar-refractivity contribution in [3.8, 4) is 0 Å². The van der Waals surface area contributed by atoms with Crippen molar-refractivity contribution < 1.29 is 9.84 Å². The molecule has 0 unspecified atom stereocenters. The maximum Gasteiger partial charge on any atom is 0.213 e. The van der Waals surface area contributed by atoms with Gasteiger partial charge in [0.25, 0.3) is 0 Å². The first-order chi connectivity index (χ1) is 8.70. The van der Waals surface area contributed by atoms with Crippen LogP contribution < -0.4 is 4.90 Å². The highest BCUT2D eigenvalue weighted by molar-refractivity contribution is 5.91. The van der Waals surface area contributed by atoms with Crippen molar-refractivity contribution in [2.24, 2.45) is 0 Å². The third-order valence-corrected chi connectivity index (χ3v) is 3.25. The van der Waals surface area contributed by atoms with Gasteiger partial charge in [-0.25, -0.2) is 0 Å². The molecular weight excluding hydrogens is 228 g/mol. The molecule has 1 aliphatic heterocycles. The number of ether oxygens (including phenoxy) is 1. The summed E-state index contributed by atoms with van der Waals surface area (Å²) in [5.41, 5.74) is 1.95. The van der Waals surface area contributed by atoms with Gasteiger partial charge in [-0.1, -0.05) is 0 Å². The average molecular weight is 248 g/mol. The molecule has 0 aromatic heterocycles. The first-order valence-corrected chi connectivity index (χ1v) is 6.45. The second-order valence-corrected chi connectivity index (χ2v) is 4.53. The van der Waals surface area contributed by atoms with Crippen molar-refractivity contribution in [2.45, 2.75) is 25.9 Å². The van der Waals surface area contributed by atoms with Gasteiger partial charge in [-0.15, -0.1) is 0 Å². The summed E-state index contributed by atoms with van der Waals surface area (Å²) in [4.78, 5) is 2.26. The van der Waals surface area contributed by atoms with Crippen LogP contribution in [-0.2, 0) is 4.74 Å². The number of piperidine rings is 1. The second-order valence-electron chi connectivity index (χ2n) is 4.53. The Balaban J connectivity index is 2.01. The monoisotopic (exact) mass is 248 g/mol. The number of hydrogen-bond acceptors (Lipinski definition) is 4. The summed E-state index contributed by atoms with van der Waals surface area (Å²) in [6.07, 6.45) is 1.51. The van der Waals surface area contributed by atoms with Gasteiger partial charge in [-0.2, -0.15) is 0 Å². The minimum absolute atomic E-state index is 0.147. The normalized spacial score (nSPS) is 16.7. The standard InChI is InChI=1S/C14H20N2O2/c1-2-18-14(15)11-3-5-12(6-4-11)16-9-7-13(17)8-10-16/h3-6,13,15,17H,2,7-10H2,1H3. The summed E-state index contributed by atoms with van der Waals surface area (Å²) >= 11 is 0. The Bertz CT molecular complexity index is 395. The van der Waals surface area contributed by atoms with Crippen molar-refractivity contribution in [2.75, 3.05) is 24.6 Å². The Morgan fingerprint density at radius 2 is 1.94 bits per heavy atom. The zero-order valence-corrected chi connectivity index (χ0v) is 10.7. The molecule has 0 amide bonds. The van der Waals surface area contributed by atoms with Crippen molar-refractivity contribution in [3.05, 3.63) is 29.8 Å². The largest absolute Gasteiger partial charge is 0.478 e. The van der Waals surface area contributed by atoms with Gasteiger partial charge in [0.1, 0.15) is 0 Å². The minimum Gasteiger partial charge on any atom is -0.478 e. The zero-order valence-electron chi connectivity index (χ0n) is 10.7. The van der Waals surface area contributed by atoms with E-state index in [0.717, 1.165) is 37.2 Å². The molecule has 2 N–H and O–H groups in total. The third kappa shape index (κ3) is 3.01. The molecule has 1 heterocycles. The van der Waals surface area contributed by atoms with Gasteiger partial charge >= 0.3 is 0 Å². The summed E-state index contributed by atoms with van der Waals surface area (Å²) < 4.78 is 5.16. The maximum absolute atomic E-state index is 9.48.